The monoisotopic (exact) mass is 319 g/mol. The fraction of sp³-hybridized carbons (Fsp3) is 0.333. The Morgan fingerprint density at radius 3 is 2.53 bits per heavy atom. The molecule has 1 rings (SSSR count). The quantitative estimate of drug-likeness (QED) is 0.888. The SMILES string of the molecule is Cl.N[C@H](CC(F)F)c1cc(Br)ccc1Cl. The fourth-order valence-electron chi connectivity index (χ4n) is 1.12. The lowest BCUT2D eigenvalue weighted by molar-refractivity contribution is 0.128. The maximum absolute atomic E-state index is 12.1. The molecule has 1 nitrogen and oxygen atoms in total. The minimum absolute atomic E-state index is 0. The van der Waals surface area contributed by atoms with E-state index in [-0.39, 0.29) is 18.8 Å². The van der Waals surface area contributed by atoms with Crippen LogP contribution in [0.1, 0.15) is 18.0 Å². The molecule has 0 bridgehead atoms. The summed E-state index contributed by atoms with van der Waals surface area (Å²) in [5.74, 6) is 0. The number of rotatable bonds is 3. The van der Waals surface area contributed by atoms with Crippen molar-refractivity contribution in [3.05, 3.63) is 33.3 Å². The molecule has 0 aliphatic rings. The van der Waals surface area contributed by atoms with Gasteiger partial charge in [-0.1, -0.05) is 27.5 Å². The van der Waals surface area contributed by atoms with Gasteiger partial charge in [-0.3, -0.25) is 0 Å². The standard InChI is InChI=1S/C9H9BrClF2N.ClH/c10-5-1-2-7(11)6(3-5)8(14)4-9(12)13;/h1-3,8-9H,4,14H2;1H/t8-;/m1./s1. The topological polar surface area (TPSA) is 26.0 Å². The van der Waals surface area contributed by atoms with Crippen LogP contribution in [0.4, 0.5) is 8.78 Å². The lowest BCUT2D eigenvalue weighted by Gasteiger charge is -2.13. The zero-order valence-corrected chi connectivity index (χ0v) is 10.7. The van der Waals surface area contributed by atoms with Crippen molar-refractivity contribution in [3.63, 3.8) is 0 Å². The summed E-state index contributed by atoms with van der Waals surface area (Å²) >= 11 is 9.06. The molecule has 15 heavy (non-hydrogen) atoms. The Morgan fingerprint density at radius 1 is 1.40 bits per heavy atom. The molecule has 1 atom stereocenters. The van der Waals surface area contributed by atoms with Crippen LogP contribution in [-0.4, -0.2) is 6.43 Å². The van der Waals surface area contributed by atoms with Gasteiger partial charge in [0, 0.05) is 22.0 Å². The van der Waals surface area contributed by atoms with Gasteiger partial charge in [0.1, 0.15) is 0 Å². The van der Waals surface area contributed by atoms with E-state index in [1.54, 1.807) is 18.2 Å². The van der Waals surface area contributed by atoms with Crippen molar-refractivity contribution in [1.29, 1.82) is 0 Å². The molecule has 0 saturated heterocycles. The van der Waals surface area contributed by atoms with E-state index < -0.39 is 12.5 Å². The van der Waals surface area contributed by atoms with Gasteiger partial charge in [0.25, 0.3) is 0 Å². The van der Waals surface area contributed by atoms with Crippen LogP contribution in [0, 0.1) is 0 Å². The van der Waals surface area contributed by atoms with Crippen molar-refractivity contribution < 1.29 is 8.78 Å². The number of nitrogens with two attached hydrogens (primary N) is 1. The molecule has 0 spiro atoms. The van der Waals surface area contributed by atoms with Gasteiger partial charge in [0.05, 0.1) is 0 Å². The molecule has 0 saturated carbocycles. The fourth-order valence-corrected chi connectivity index (χ4v) is 1.75. The maximum Gasteiger partial charge on any atom is 0.240 e. The Labute approximate surface area is 107 Å². The summed E-state index contributed by atoms with van der Waals surface area (Å²) in [6.45, 7) is 0. The minimum Gasteiger partial charge on any atom is -0.324 e. The molecular weight excluding hydrogens is 311 g/mol. The summed E-state index contributed by atoms with van der Waals surface area (Å²) in [5, 5.41) is 0.418. The second-order valence-electron chi connectivity index (χ2n) is 2.90. The minimum atomic E-state index is -2.42. The van der Waals surface area contributed by atoms with E-state index >= 15 is 0 Å². The molecule has 2 N–H and O–H groups in total. The van der Waals surface area contributed by atoms with Crippen LogP contribution in [0.25, 0.3) is 0 Å². The van der Waals surface area contributed by atoms with E-state index in [0.29, 0.717) is 10.6 Å². The molecule has 6 heteroatoms. The first-order valence-electron chi connectivity index (χ1n) is 3.99. The molecule has 0 heterocycles. The molecule has 0 fully saturated rings. The third kappa shape index (κ3) is 4.64. The summed E-state index contributed by atoms with van der Waals surface area (Å²) < 4.78 is 24.9. The number of hydrogen-bond acceptors (Lipinski definition) is 1. The number of hydrogen-bond donors (Lipinski definition) is 1. The average Bonchev–Trinajstić information content (AvgIpc) is 2.08. The van der Waals surface area contributed by atoms with Crippen LogP contribution in [0.3, 0.4) is 0 Å². The Hall–Kier alpha value is 0.1000. The van der Waals surface area contributed by atoms with Crippen LogP contribution in [0.5, 0.6) is 0 Å². The highest BCUT2D eigenvalue weighted by atomic mass is 79.9. The largest absolute Gasteiger partial charge is 0.324 e. The predicted octanol–water partition coefficient (Wildman–Crippen LogP) is 4.18. The predicted molar refractivity (Wildman–Crippen MR) is 63.9 cm³/mol. The highest BCUT2D eigenvalue weighted by molar-refractivity contribution is 9.10. The number of benzene rings is 1. The van der Waals surface area contributed by atoms with Crippen LogP contribution in [0.15, 0.2) is 22.7 Å². The first kappa shape index (κ1) is 15.1. The van der Waals surface area contributed by atoms with E-state index in [2.05, 4.69) is 15.9 Å². The Kier molecular flexibility index (Phi) is 6.68. The van der Waals surface area contributed by atoms with E-state index in [1.165, 1.54) is 0 Å². The summed E-state index contributed by atoms with van der Waals surface area (Å²) in [6.07, 6.45) is -2.80. The molecule has 1 aromatic carbocycles. The normalized spacial score (nSPS) is 12.4. The lowest BCUT2D eigenvalue weighted by Crippen LogP contribution is -2.14. The third-order valence-electron chi connectivity index (χ3n) is 1.79. The van der Waals surface area contributed by atoms with Crippen molar-refractivity contribution in [2.45, 2.75) is 18.9 Å². The van der Waals surface area contributed by atoms with Gasteiger partial charge in [-0.2, -0.15) is 0 Å². The van der Waals surface area contributed by atoms with Gasteiger partial charge in [-0.15, -0.1) is 12.4 Å². The highest BCUT2D eigenvalue weighted by Crippen LogP contribution is 2.28. The van der Waals surface area contributed by atoms with E-state index in [1.807, 2.05) is 0 Å². The Bertz CT molecular complexity index is 323. The zero-order chi connectivity index (χ0) is 10.7. The van der Waals surface area contributed by atoms with Crippen LogP contribution < -0.4 is 5.73 Å². The first-order chi connectivity index (χ1) is 6.50. The van der Waals surface area contributed by atoms with Gasteiger partial charge < -0.3 is 5.73 Å². The lowest BCUT2D eigenvalue weighted by atomic mass is 10.1. The van der Waals surface area contributed by atoms with Gasteiger partial charge in [-0.05, 0) is 23.8 Å². The third-order valence-corrected chi connectivity index (χ3v) is 2.63. The van der Waals surface area contributed by atoms with Gasteiger partial charge in [0.15, 0.2) is 0 Å². The van der Waals surface area contributed by atoms with E-state index in [4.69, 9.17) is 17.3 Å². The van der Waals surface area contributed by atoms with Crippen molar-refractivity contribution in [1.82, 2.24) is 0 Å². The van der Waals surface area contributed by atoms with Gasteiger partial charge >= 0.3 is 0 Å². The number of halogens is 5. The van der Waals surface area contributed by atoms with Crippen molar-refractivity contribution in [3.8, 4) is 0 Å². The van der Waals surface area contributed by atoms with Crippen LogP contribution in [0.2, 0.25) is 5.02 Å². The summed E-state index contributed by atoms with van der Waals surface area (Å²) in [5.41, 5.74) is 6.12. The van der Waals surface area contributed by atoms with Crippen molar-refractivity contribution in [2.24, 2.45) is 5.73 Å². The van der Waals surface area contributed by atoms with E-state index in [0.717, 1.165) is 4.47 Å². The van der Waals surface area contributed by atoms with Crippen molar-refractivity contribution in [2.75, 3.05) is 0 Å². The first-order valence-corrected chi connectivity index (χ1v) is 5.16. The molecule has 0 radical (unpaired) electrons. The van der Waals surface area contributed by atoms with Crippen molar-refractivity contribution >= 4 is 39.9 Å². The Balaban J connectivity index is 0.00000196. The molecular formula is C9H10BrCl2F2N. The number of alkyl halides is 2. The van der Waals surface area contributed by atoms with Crippen LogP contribution >= 0.6 is 39.9 Å². The second kappa shape index (κ2) is 6.63. The van der Waals surface area contributed by atoms with Gasteiger partial charge in [-0.25, -0.2) is 8.78 Å². The molecule has 0 amide bonds. The van der Waals surface area contributed by atoms with Gasteiger partial charge in [0.2, 0.25) is 6.43 Å². The zero-order valence-electron chi connectivity index (χ0n) is 7.59. The second-order valence-corrected chi connectivity index (χ2v) is 4.22. The van der Waals surface area contributed by atoms with E-state index in [9.17, 15) is 8.78 Å². The summed E-state index contributed by atoms with van der Waals surface area (Å²) in [4.78, 5) is 0. The maximum atomic E-state index is 12.1. The highest BCUT2D eigenvalue weighted by Gasteiger charge is 2.15. The summed E-state index contributed by atoms with van der Waals surface area (Å²) in [6, 6.07) is 4.31. The molecule has 0 unspecified atom stereocenters. The smallest absolute Gasteiger partial charge is 0.240 e. The molecule has 0 aromatic heterocycles. The Morgan fingerprint density at radius 2 is 2.00 bits per heavy atom. The molecule has 0 aliphatic carbocycles. The molecule has 0 aliphatic heterocycles. The van der Waals surface area contributed by atoms with Crippen LogP contribution in [-0.2, 0) is 0 Å². The molecule has 1 aromatic rings. The average molecular weight is 321 g/mol. The molecule has 86 valence electrons. The summed E-state index contributed by atoms with van der Waals surface area (Å²) in [7, 11) is 0.